The minimum atomic E-state index is -1.37. The molecule has 10 heteroatoms. The van der Waals surface area contributed by atoms with Gasteiger partial charge in [-0.15, -0.1) is 0 Å². The Kier molecular flexibility index (Phi) is 6.14. The highest BCUT2D eigenvalue weighted by molar-refractivity contribution is 6.04. The molecule has 0 bridgehead atoms. The lowest BCUT2D eigenvalue weighted by Gasteiger charge is -2.23. The molecule has 1 aliphatic heterocycles. The SMILES string of the molecule is CC(C)=C(F)CNC(=O)[C@@H]1C[C@@H](F)CN1C(=O)Cn1nc(C(N)=O)c2ccccc21. The van der Waals surface area contributed by atoms with Gasteiger partial charge < -0.3 is 16.0 Å². The lowest BCUT2D eigenvalue weighted by molar-refractivity contribution is -0.139. The number of rotatable bonds is 6. The first-order valence-corrected chi connectivity index (χ1v) is 9.47. The Labute approximate surface area is 171 Å². The number of hydrogen-bond donors (Lipinski definition) is 2. The van der Waals surface area contributed by atoms with E-state index in [0.717, 1.165) is 4.90 Å². The summed E-state index contributed by atoms with van der Waals surface area (Å²) in [6, 6.07) is 5.72. The first kappa shape index (κ1) is 21.4. The van der Waals surface area contributed by atoms with E-state index in [1.807, 2.05) is 0 Å². The molecule has 0 saturated carbocycles. The number of alkyl halides is 1. The number of hydrogen-bond acceptors (Lipinski definition) is 4. The molecule has 0 aliphatic carbocycles. The van der Waals surface area contributed by atoms with Crippen molar-refractivity contribution in [2.75, 3.05) is 13.1 Å². The Bertz CT molecular complexity index is 1030. The highest BCUT2D eigenvalue weighted by Gasteiger charge is 2.40. The number of para-hydroxylation sites is 1. The number of aromatic nitrogens is 2. The molecule has 1 fully saturated rings. The zero-order valence-electron chi connectivity index (χ0n) is 16.7. The molecule has 3 N–H and O–H groups in total. The molecule has 3 amide bonds. The van der Waals surface area contributed by atoms with Crippen molar-refractivity contribution in [3.63, 3.8) is 0 Å². The van der Waals surface area contributed by atoms with Crippen LogP contribution in [0.3, 0.4) is 0 Å². The fourth-order valence-electron chi connectivity index (χ4n) is 3.42. The van der Waals surface area contributed by atoms with Crippen LogP contribution in [0, 0.1) is 0 Å². The van der Waals surface area contributed by atoms with Crippen LogP contribution in [0.15, 0.2) is 35.7 Å². The maximum Gasteiger partial charge on any atom is 0.269 e. The zero-order valence-corrected chi connectivity index (χ0v) is 16.7. The monoisotopic (exact) mass is 419 g/mol. The number of allylic oxidation sites excluding steroid dienone is 1. The number of fused-ring (bicyclic) bond motifs is 1. The van der Waals surface area contributed by atoms with Gasteiger partial charge in [-0.25, -0.2) is 8.78 Å². The Morgan fingerprint density at radius 3 is 2.63 bits per heavy atom. The van der Waals surface area contributed by atoms with E-state index in [4.69, 9.17) is 5.73 Å². The van der Waals surface area contributed by atoms with E-state index in [0.29, 0.717) is 16.5 Å². The molecule has 1 saturated heterocycles. The number of halogens is 2. The first-order valence-electron chi connectivity index (χ1n) is 9.47. The first-order chi connectivity index (χ1) is 14.2. The number of carbonyl (C=O) groups is 3. The summed E-state index contributed by atoms with van der Waals surface area (Å²) in [5.41, 5.74) is 6.32. The van der Waals surface area contributed by atoms with E-state index in [9.17, 15) is 23.2 Å². The zero-order chi connectivity index (χ0) is 22.0. The van der Waals surface area contributed by atoms with Gasteiger partial charge in [0.25, 0.3) is 5.91 Å². The van der Waals surface area contributed by atoms with Crippen LogP contribution in [0.5, 0.6) is 0 Å². The Hall–Kier alpha value is -3.30. The number of likely N-dealkylation sites (tertiary alicyclic amines) is 1. The van der Waals surface area contributed by atoms with Crippen molar-refractivity contribution in [3.8, 4) is 0 Å². The fourth-order valence-corrected chi connectivity index (χ4v) is 3.42. The van der Waals surface area contributed by atoms with Crippen LogP contribution in [0.4, 0.5) is 8.78 Å². The Balaban J connectivity index is 1.79. The van der Waals surface area contributed by atoms with Gasteiger partial charge in [0.15, 0.2) is 5.69 Å². The number of nitrogens with one attached hydrogen (secondary N) is 1. The van der Waals surface area contributed by atoms with Crippen LogP contribution in [-0.4, -0.2) is 57.7 Å². The van der Waals surface area contributed by atoms with Crippen LogP contribution in [0.2, 0.25) is 0 Å². The van der Waals surface area contributed by atoms with Crippen molar-refractivity contribution < 1.29 is 23.2 Å². The summed E-state index contributed by atoms with van der Waals surface area (Å²) in [6.07, 6.45) is -1.53. The number of nitrogens with two attached hydrogens (primary N) is 1. The molecule has 2 heterocycles. The minimum absolute atomic E-state index is 0.0229. The van der Waals surface area contributed by atoms with Gasteiger partial charge in [0.2, 0.25) is 11.8 Å². The molecule has 160 valence electrons. The third-order valence-corrected chi connectivity index (χ3v) is 5.01. The summed E-state index contributed by atoms with van der Waals surface area (Å²) in [5, 5.41) is 7.01. The molecule has 2 atom stereocenters. The fraction of sp³-hybridized carbons (Fsp3) is 0.400. The second-order valence-electron chi connectivity index (χ2n) is 7.41. The second-order valence-corrected chi connectivity index (χ2v) is 7.41. The van der Waals surface area contributed by atoms with Crippen molar-refractivity contribution in [2.24, 2.45) is 5.73 Å². The average Bonchev–Trinajstić information content (AvgIpc) is 3.27. The number of primary amides is 1. The van der Waals surface area contributed by atoms with Crippen molar-refractivity contribution in [1.29, 1.82) is 0 Å². The molecule has 3 rings (SSSR count). The molecule has 1 aromatic heterocycles. The molecular weight excluding hydrogens is 396 g/mol. The van der Waals surface area contributed by atoms with E-state index in [1.165, 1.54) is 4.68 Å². The predicted octanol–water partition coefficient (Wildman–Crippen LogP) is 1.45. The van der Waals surface area contributed by atoms with Crippen molar-refractivity contribution in [2.45, 2.75) is 39.0 Å². The standard InChI is InChI=1S/C20H23F2N5O3/c1-11(2)14(22)8-24-20(30)16-7-12(21)9-26(16)17(28)10-27-15-6-4-3-5-13(15)18(25-27)19(23)29/h3-6,12,16H,7-10H2,1-2H3,(H2,23,29)(H,24,30)/t12-,16+/m1/s1. The maximum atomic E-state index is 14.0. The maximum absolute atomic E-state index is 14.0. The third kappa shape index (κ3) is 4.32. The van der Waals surface area contributed by atoms with Gasteiger partial charge in [0.1, 0.15) is 24.6 Å². The van der Waals surface area contributed by atoms with E-state index in [-0.39, 0.29) is 31.7 Å². The number of amides is 3. The van der Waals surface area contributed by atoms with Crippen molar-refractivity contribution >= 4 is 28.6 Å². The van der Waals surface area contributed by atoms with E-state index in [1.54, 1.807) is 38.1 Å². The van der Waals surface area contributed by atoms with Crippen molar-refractivity contribution in [3.05, 3.63) is 41.4 Å². The summed E-state index contributed by atoms with van der Waals surface area (Å²) in [7, 11) is 0. The topological polar surface area (TPSA) is 110 Å². The van der Waals surface area contributed by atoms with Gasteiger partial charge in [0.05, 0.1) is 18.6 Å². The summed E-state index contributed by atoms with van der Waals surface area (Å²) in [5.74, 6) is -2.38. The van der Waals surface area contributed by atoms with Gasteiger partial charge in [-0.1, -0.05) is 18.2 Å². The van der Waals surface area contributed by atoms with E-state index < -0.39 is 35.8 Å². The second kappa shape index (κ2) is 8.60. The Morgan fingerprint density at radius 2 is 1.97 bits per heavy atom. The largest absolute Gasteiger partial charge is 0.364 e. The molecular formula is C20H23F2N5O3. The van der Waals surface area contributed by atoms with E-state index in [2.05, 4.69) is 10.4 Å². The van der Waals surface area contributed by atoms with Crippen LogP contribution >= 0.6 is 0 Å². The molecule has 1 aromatic carbocycles. The summed E-state index contributed by atoms with van der Waals surface area (Å²) >= 11 is 0. The smallest absolute Gasteiger partial charge is 0.269 e. The molecule has 1 aliphatic rings. The van der Waals surface area contributed by atoms with Gasteiger partial charge in [0, 0.05) is 11.8 Å². The highest BCUT2D eigenvalue weighted by Crippen LogP contribution is 2.23. The molecule has 0 unspecified atom stereocenters. The quantitative estimate of drug-likeness (QED) is 0.738. The van der Waals surface area contributed by atoms with Crippen LogP contribution in [0.1, 0.15) is 30.8 Å². The highest BCUT2D eigenvalue weighted by atomic mass is 19.1. The lowest BCUT2D eigenvalue weighted by atomic mass is 10.2. The van der Waals surface area contributed by atoms with Gasteiger partial charge in [-0.05, 0) is 25.5 Å². The lowest BCUT2D eigenvalue weighted by Crippen LogP contribution is -2.47. The molecule has 2 aromatic rings. The minimum Gasteiger partial charge on any atom is -0.364 e. The molecule has 8 nitrogen and oxygen atoms in total. The van der Waals surface area contributed by atoms with Crippen LogP contribution in [-0.2, 0) is 16.1 Å². The normalized spacial score (nSPS) is 18.5. The molecule has 0 spiro atoms. The summed E-state index contributed by atoms with van der Waals surface area (Å²) in [4.78, 5) is 38.1. The van der Waals surface area contributed by atoms with Gasteiger partial charge in [-0.2, -0.15) is 5.10 Å². The Morgan fingerprint density at radius 1 is 1.27 bits per heavy atom. The number of carbonyl (C=O) groups excluding carboxylic acids is 3. The third-order valence-electron chi connectivity index (χ3n) is 5.01. The summed E-state index contributed by atoms with van der Waals surface area (Å²) < 4.78 is 29.0. The predicted molar refractivity (Wildman–Crippen MR) is 106 cm³/mol. The van der Waals surface area contributed by atoms with Crippen LogP contribution in [0.25, 0.3) is 10.9 Å². The van der Waals surface area contributed by atoms with Gasteiger partial charge in [-0.3, -0.25) is 19.1 Å². The average molecular weight is 419 g/mol. The van der Waals surface area contributed by atoms with Crippen molar-refractivity contribution in [1.82, 2.24) is 20.0 Å². The summed E-state index contributed by atoms with van der Waals surface area (Å²) in [6.45, 7) is 2.28. The molecule has 0 radical (unpaired) electrons. The van der Waals surface area contributed by atoms with Crippen LogP contribution < -0.4 is 11.1 Å². The number of benzene rings is 1. The van der Waals surface area contributed by atoms with Gasteiger partial charge >= 0.3 is 0 Å². The number of nitrogens with zero attached hydrogens (tertiary/aromatic N) is 3. The van der Waals surface area contributed by atoms with E-state index >= 15 is 0 Å². The molecule has 30 heavy (non-hydrogen) atoms.